The Kier molecular flexibility index (Phi) is 3.10. The fraction of sp³-hybridized carbons (Fsp3) is 0.357. The number of halogens is 1. The highest BCUT2D eigenvalue weighted by molar-refractivity contribution is 6.35. The Morgan fingerprint density at radius 3 is 2.78 bits per heavy atom. The highest BCUT2D eigenvalue weighted by Gasteiger charge is 2.22. The van der Waals surface area contributed by atoms with E-state index < -0.39 is 0 Å². The Bertz CT molecular complexity index is 577. The lowest BCUT2D eigenvalue weighted by atomic mass is 10.0. The number of nitrogens with zero attached hydrogens (tertiary/aromatic N) is 1. The predicted octanol–water partition coefficient (Wildman–Crippen LogP) is 3.83. The van der Waals surface area contributed by atoms with Crippen molar-refractivity contribution in [1.82, 2.24) is 4.98 Å². The van der Waals surface area contributed by atoms with E-state index in [1.165, 1.54) is 25.7 Å². The molecule has 0 amide bonds. The SMILES string of the molecule is NNc1cc2c(Cl)cccc2nc1C1CCCC1. The van der Waals surface area contributed by atoms with E-state index in [1.807, 2.05) is 24.3 Å². The van der Waals surface area contributed by atoms with Crippen LogP contribution in [0.4, 0.5) is 5.69 Å². The van der Waals surface area contributed by atoms with Gasteiger partial charge in [0.1, 0.15) is 0 Å². The molecule has 3 N–H and O–H groups in total. The molecule has 0 aliphatic heterocycles. The highest BCUT2D eigenvalue weighted by atomic mass is 35.5. The Hall–Kier alpha value is -1.32. The minimum Gasteiger partial charge on any atom is -0.322 e. The second-order valence-electron chi connectivity index (χ2n) is 4.85. The number of pyridine rings is 1. The lowest BCUT2D eigenvalue weighted by Gasteiger charge is -2.15. The van der Waals surface area contributed by atoms with Crippen LogP contribution in [0, 0.1) is 0 Å². The Morgan fingerprint density at radius 2 is 2.06 bits per heavy atom. The van der Waals surface area contributed by atoms with E-state index >= 15 is 0 Å². The third-order valence-electron chi connectivity index (χ3n) is 3.73. The van der Waals surface area contributed by atoms with E-state index in [0.29, 0.717) is 5.92 Å². The zero-order valence-electron chi connectivity index (χ0n) is 10.1. The average molecular weight is 262 g/mol. The summed E-state index contributed by atoms with van der Waals surface area (Å²) >= 11 is 6.19. The number of hydrazine groups is 1. The zero-order chi connectivity index (χ0) is 12.5. The van der Waals surface area contributed by atoms with Crippen molar-refractivity contribution in [2.75, 3.05) is 5.43 Å². The molecule has 1 heterocycles. The van der Waals surface area contributed by atoms with Crippen LogP contribution < -0.4 is 11.3 Å². The number of anilines is 1. The molecule has 3 nitrogen and oxygen atoms in total. The summed E-state index contributed by atoms with van der Waals surface area (Å²) in [4.78, 5) is 4.76. The first-order chi connectivity index (χ1) is 8.79. The normalized spacial score (nSPS) is 16.3. The summed E-state index contributed by atoms with van der Waals surface area (Å²) in [6, 6.07) is 7.82. The molecule has 1 aromatic heterocycles. The fourth-order valence-electron chi connectivity index (χ4n) is 2.80. The molecule has 1 aromatic carbocycles. The molecule has 18 heavy (non-hydrogen) atoms. The van der Waals surface area contributed by atoms with E-state index in [2.05, 4.69) is 5.43 Å². The number of nitrogens with two attached hydrogens (primary N) is 1. The highest BCUT2D eigenvalue weighted by Crippen LogP contribution is 2.38. The Labute approximate surface area is 111 Å². The summed E-state index contributed by atoms with van der Waals surface area (Å²) in [6.07, 6.45) is 4.97. The van der Waals surface area contributed by atoms with Gasteiger partial charge < -0.3 is 5.43 Å². The quantitative estimate of drug-likeness (QED) is 0.638. The molecule has 4 heteroatoms. The molecule has 1 fully saturated rings. The van der Waals surface area contributed by atoms with Crippen molar-refractivity contribution in [3.05, 3.63) is 35.0 Å². The van der Waals surface area contributed by atoms with Crippen molar-refractivity contribution < 1.29 is 0 Å². The minimum absolute atomic E-state index is 0.527. The lowest BCUT2D eigenvalue weighted by molar-refractivity contribution is 0.702. The van der Waals surface area contributed by atoms with E-state index in [-0.39, 0.29) is 0 Å². The molecule has 1 aliphatic rings. The summed E-state index contributed by atoms with van der Waals surface area (Å²) in [5.74, 6) is 6.15. The lowest BCUT2D eigenvalue weighted by Crippen LogP contribution is -2.12. The third-order valence-corrected chi connectivity index (χ3v) is 4.06. The van der Waals surface area contributed by atoms with Gasteiger partial charge in [-0.3, -0.25) is 10.8 Å². The Morgan fingerprint density at radius 1 is 1.28 bits per heavy atom. The number of aromatic nitrogens is 1. The standard InChI is InChI=1S/C14H16ClN3/c15-11-6-3-7-12-10(11)8-13(18-16)14(17-12)9-4-1-2-5-9/h3,6-9,18H,1-2,4-5,16H2. The second kappa shape index (κ2) is 4.75. The van der Waals surface area contributed by atoms with E-state index in [0.717, 1.165) is 27.3 Å². The molecule has 94 valence electrons. The van der Waals surface area contributed by atoms with Crippen LogP contribution in [0.15, 0.2) is 24.3 Å². The minimum atomic E-state index is 0.527. The number of fused-ring (bicyclic) bond motifs is 1. The van der Waals surface area contributed by atoms with Crippen LogP contribution >= 0.6 is 11.6 Å². The monoisotopic (exact) mass is 261 g/mol. The van der Waals surface area contributed by atoms with Crippen LogP contribution in [0.2, 0.25) is 5.02 Å². The summed E-state index contributed by atoms with van der Waals surface area (Å²) in [7, 11) is 0. The Balaban J connectivity index is 2.18. The van der Waals surface area contributed by atoms with Crippen molar-refractivity contribution in [2.24, 2.45) is 5.84 Å². The van der Waals surface area contributed by atoms with Gasteiger partial charge in [-0.2, -0.15) is 0 Å². The van der Waals surface area contributed by atoms with Gasteiger partial charge in [-0.1, -0.05) is 30.5 Å². The van der Waals surface area contributed by atoms with Crippen LogP contribution in [0.1, 0.15) is 37.3 Å². The molecule has 0 unspecified atom stereocenters. The fourth-order valence-corrected chi connectivity index (χ4v) is 3.02. The number of hydrogen-bond acceptors (Lipinski definition) is 3. The van der Waals surface area contributed by atoms with Gasteiger partial charge in [0.25, 0.3) is 0 Å². The molecule has 0 atom stereocenters. The van der Waals surface area contributed by atoms with Crippen LogP contribution in [-0.2, 0) is 0 Å². The zero-order valence-corrected chi connectivity index (χ0v) is 10.9. The van der Waals surface area contributed by atoms with Crippen molar-refractivity contribution in [2.45, 2.75) is 31.6 Å². The summed E-state index contributed by atoms with van der Waals surface area (Å²) in [5.41, 5.74) is 5.71. The van der Waals surface area contributed by atoms with Gasteiger partial charge in [-0.15, -0.1) is 0 Å². The van der Waals surface area contributed by atoms with Gasteiger partial charge in [0.05, 0.1) is 21.9 Å². The number of benzene rings is 1. The maximum atomic E-state index is 6.19. The first kappa shape index (κ1) is 11.8. The van der Waals surface area contributed by atoms with Crippen molar-refractivity contribution >= 4 is 28.2 Å². The largest absolute Gasteiger partial charge is 0.322 e. The molecule has 0 saturated heterocycles. The molecule has 1 saturated carbocycles. The van der Waals surface area contributed by atoms with Gasteiger partial charge in [0.15, 0.2) is 0 Å². The molecule has 0 spiro atoms. The molecule has 3 rings (SSSR count). The predicted molar refractivity (Wildman–Crippen MR) is 75.8 cm³/mol. The second-order valence-corrected chi connectivity index (χ2v) is 5.26. The number of nitrogens with one attached hydrogen (secondary N) is 1. The van der Waals surface area contributed by atoms with Crippen LogP contribution in [0.3, 0.4) is 0 Å². The van der Waals surface area contributed by atoms with E-state index in [9.17, 15) is 0 Å². The summed E-state index contributed by atoms with van der Waals surface area (Å²) in [5, 5.41) is 1.67. The molecule has 1 aliphatic carbocycles. The first-order valence-corrected chi connectivity index (χ1v) is 6.73. The van der Waals surface area contributed by atoms with Crippen molar-refractivity contribution in [3.8, 4) is 0 Å². The number of rotatable bonds is 2. The maximum absolute atomic E-state index is 6.19. The number of hydrogen-bond donors (Lipinski definition) is 2. The topological polar surface area (TPSA) is 50.9 Å². The van der Waals surface area contributed by atoms with Gasteiger partial charge in [-0.05, 0) is 31.0 Å². The maximum Gasteiger partial charge on any atom is 0.0722 e. The summed E-state index contributed by atoms with van der Waals surface area (Å²) < 4.78 is 0. The van der Waals surface area contributed by atoms with Crippen LogP contribution in [-0.4, -0.2) is 4.98 Å². The smallest absolute Gasteiger partial charge is 0.0722 e. The first-order valence-electron chi connectivity index (χ1n) is 6.35. The van der Waals surface area contributed by atoms with Gasteiger partial charge in [0, 0.05) is 11.3 Å². The van der Waals surface area contributed by atoms with E-state index in [1.54, 1.807) is 0 Å². The molecule has 0 bridgehead atoms. The van der Waals surface area contributed by atoms with Crippen molar-refractivity contribution in [1.29, 1.82) is 0 Å². The molecular weight excluding hydrogens is 246 g/mol. The molecule has 2 aromatic rings. The third kappa shape index (κ3) is 1.93. The van der Waals surface area contributed by atoms with Gasteiger partial charge in [-0.25, -0.2) is 0 Å². The number of nitrogen functional groups attached to an aromatic ring is 1. The van der Waals surface area contributed by atoms with Crippen molar-refractivity contribution in [3.63, 3.8) is 0 Å². The molecular formula is C14H16ClN3. The molecule has 0 radical (unpaired) electrons. The average Bonchev–Trinajstić information content (AvgIpc) is 2.91. The van der Waals surface area contributed by atoms with Gasteiger partial charge in [0.2, 0.25) is 0 Å². The van der Waals surface area contributed by atoms with E-state index in [4.69, 9.17) is 22.4 Å². The van der Waals surface area contributed by atoms with Crippen LogP contribution in [0.5, 0.6) is 0 Å². The van der Waals surface area contributed by atoms with Gasteiger partial charge >= 0.3 is 0 Å². The van der Waals surface area contributed by atoms with Crippen LogP contribution in [0.25, 0.3) is 10.9 Å². The summed E-state index contributed by atoms with van der Waals surface area (Å²) in [6.45, 7) is 0.